The van der Waals surface area contributed by atoms with Crippen LogP contribution in [-0.4, -0.2) is 29.1 Å². The number of hydrogen-bond donors (Lipinski definition) is 2. The molecule has 1 rings (SSSR count). The molecule has 0 bridgehead atoms. The average molecular weight is 340 g/mol. The molecule has 1 atom stereocenters. The van der Waals surface area contributed by atoms with Crippen molar-refractivity contribution in [2.24, 2.45) is 0 Å². The molecule has 0 aliphatic carbocycles. The fourth-order valence-corrected chi connectivity index (χ4v) is 1.75. The standard InChI is InChI=1S/C14H17ClF3NO3/c1-13(2,3)22-12(21)19-9-4-5-10(15)8(6-9)7-11(20)14(16,17)18/h4-6,11,20H,7H2,1-3H3,(H,19,21). The Morgan fingerprint density at radius 2 is 1.95 bits per heavy atom. The molecule has 4 nitrogen and oxygen atoms in total. The summed E-state index contributed by atoms with van der Waals surface area (Å²) >= 11 is 5.81. The SMILES string of the molecule is CC(C)(C)OC(=O)Nc1ccc(Cl)c(CC(O)C(F)(F)F)c1. The van der Waals surface area contributed by atoms with Crippen molar-refractivity contribution in [2.75, 3.05) is 5.32 Å². The number of anilines is 1. The van der Waals surface area contributed by atoms with Gasteiger partial charge in [-0.15, -0.1) is 0 Å². The second-order valence-electron chi connectivity index (χ2n) is 5.69. The van der Waals surface area contributed by atoms with Crippen LogP contribution in [0.25, 0.3) is 0 Å². The summed E-state index contributed by atoms with van der Waals surface area (Å²) in [5.74, 6) is 0. The molecule has 0 heterocycles. The summed E-state index contributed by atoms with van der Waals surface area (Å²) < 4.78 is 42.2. The highest BCUT2D eigenvalue weighted by atomic mass is 35.5. The van der Waals surface area contributed by atoms with Crippen LogP contribution < -0.4 is 5.32 Å². The van der Waals surface area contributed by atoms with Crippen LogP contribution in [0.1, 0.15) is 26.3 Å². The number of aliphatic hydroxyl groups is 1. The molecule has 0 saturated heterocycles. The van der Waals surface area contributed by atoms with Gasteiger partial charge in [-0.3, -0.25) is 5.32 Å². The minimum absolute atomic E-state index is 0.0676. The molecule has 0 aromatic heterocycles. The van der Waals surface area contributed by atoms with Gasteiger partial charge in [-0.05, 0) is 44.5 Å². The minimum Gasteiger partial charge on any atom is -0.444 e. The fourth-order valence-electron chi connectivity index (χ4n) is 1.55. The maximum Gasteiger partial charge on any atom is 0.414 e. The summed E-state index contributed by atoms with van der Waals surface area (Å²) in [6, 6.07) is 4.03. The monoisotopic (exact) mass is 339 g/mol. The predicted molar refractivity (Wildman–Crippen MR) is 77.1 cm³/mol. The van der Waals surface area contributed by atoms with Crippen LogP contribution >= 0.6 is 11.6 Å². The number of ether oxygens (including phenoxy) is 1. The molecule has 22 heavy (non-hydrogen) atoms. The van der Waals surface area contributed by atoms with E-state index in [1.165, 1.54) is 18.2 Å². The van der Waals surface area contributed by atoms with Crippen molar-refractivity contribution >= 4 is 23.4 Å². The molecule has 0 spiro atoms. The van der Waals surface area contributed by atoms with Gasteiger partial charge < -0.3 is 9.84 Å². The summed E-state index contributed by atoms with van der Waals surface area (Å²) in [6.45, 7) is 5.04. The van der Waals surface area contributed by atoms with Gasteiger partial charge in [0.05, 0.1) is 0 Å². The van der Waals surface area contributed by atoms with Crippen molar-refractivity contribution in [2.45, 2.75) is 45.1 Å². The van der Waals surface area contributed by atoms with Crippen LogP contribution in [0.15, 0.2) is 18.2 Å². The zero-order valence-electron chi connectivity index (χ0n) is 12.3. The van der Waals surface area contributed by atoms with E-state index in [1.807, 2.05) is 0 Å². The van der Waals surface area contributed by atoms with E-state index in [2.05, 4.69) is 5.32 Å². The van der Waals surface area contributed by atoms with Crippen LogP contribution in [0.5, 0.6) is 0 Å². The Bertz CT molecular complexity index is 541. The molecule has 1 amide bonds. The van der Waals surface area contributed by atoms with Crippen molar-refractivity contribution in [3.05, 3.63) is 28.8 Å². The van der Waals surface area contributed by atoms with Gasteiger partial charge in [-0.2, -0.15) is 13.2 Å². The van der Waals surface area contributed by atoms with Crippen LogP contribution in [-0.2, 0) is 11.2 Å². The van der Waals surface area contributed by atoms with Crippen LogP contribution in [0, 0.1) is 0 Å². The summed E-state index contributed by atoms with van der Waals surface area (Å²) in [5.41, 5.74) is -0.408. The van der Waals surface area contributed by atoms with Gasteiger partial charge in [0, 0.05) is 17.1 Å². The number of benzene rings is 1. The lowest BCUT2D eigenvalue weighted by molar-refractivity contribution is -0.203. The van der Waals surface area contributed by atoms with Gasteiger partial charge >= 0.3 is 12.3 Å². The maximum absolute atomic E-state index is 12.4. The predicted octanol–water partition coefficient (Wildman–Crippen LogP) is 4.15. The van der Waals surface area contributed by atoms with E-state index in [0.717, 1.165) is 0 Å². The van der Waals surface area contributed by atoms with E-state index in [4.69, 9.17) is 21.4 Å². The summed E-state index contributed by atoms with van der Waals surface area (Å²) in [7, 11) is 0. The highest BCUT2D eigenvalue weighted by molar-refractivity contribution is 6.31. The number of carbonyl (C=O) groups excluding carboxylic acids is 1. The number of nitrogens with one attached hydrogen (secondary N) is 1. The summed E-state index contributed by atoms with van der Waals surface area (Å²) in [4.78, 5) is 11.6. The summed E-state index contributed by atoms with van der Waals surface area (Å²) in [5, 5.41) is 11.6. The molecule has 0 saturated carbocycles. The molecular weight excluding hydrogens is 323 g/mol. The first kappa shape index (κ1) is 18.6. The van der Waals surface area contributed by atoms with E-state index in [1.54, 1.807) is 20.8 Å². The number of rotatable bonds is 3. The molecule has 1 unspecified atom stereocenters. The van der Waals surface area contributed by atoms with Crippen molar-refractivity contribution in [1.29, 1.82) is 0 Å². The van der Waals surface area contributed by atoms with Gasteiger partial charge in [-0.1, -0.05) is 11.6 Å². The number of carbonyl (C=O) groups is 1. The number of halogens is 4. The molecule has 0 radical (unpaired) electrons. The molecule has 0 aliphatic rings. The minimum atomic E-state index is -4.74. The smallest absolute Gasteiger partial charge is 0.414 e. The number of amides is 1. The van der Waals surface area contributed by atoms with E-state index >= 15 is 0 Å². The average Bonchev–Trinajstić information content (AvgIpc) is 2.29. The van der Waals surface area contributed by atoms with E-state index in [9.17, 15) is 18.0 Å². The van der Waals surface area contributed by atoms with Crippen molar-refractivity contribution in [1.82, 2.24) is 0 Å². The highest BCUT2D eigenvalue weighted by Crippen LogP contribution is 2.28. The van der Waals surface area contributed by atoms with Crippen molar-refractivity contribution < 1.29 is 27.8 Å². The summed E-state index contributed by atoms with van der Waals surface area (Å²) in [6.07, 6.45) is -8.71. The van der Waals surface area contributed by atoms with E-state index in [0.29, 0.717) is 0 Å². The van der Waals surface area contributed by atoms with Gasteiger partial charge in [0.25, 0.3) is 0 Å². The Morgan fingerprint density at radius 3 is 2.45 bits per heavy atom. The second-order valence-corrected chi connectivity index (χ2v) is 6.10. The normalized spacial score (nSPS) is 13.6. The quantitative estimate of drug-likeness (QED) is 0.869. The third kappa shape index (κ3) is 6.11. The van der Waals surface area contributed by atoms with E-state index < -0.39 is 30.4 Å². The molecule has 0 aliphatic heterocycles. The molecule has 0 fully saturated rings. The number of hydrogen-bond acceptors (Lipinski definition) is 3. The molecule has 8 heteroatoms. The Balaban J connectivity index is 2.84. The largest absolute Gasteiger partial charge is 0.444 e. The maximum atomic E-state index is 12.4. The Hall–Kier alpha value is -1.47. The lowest BCUT2D eigenvalue weighted by Gasteiger charge is -2.20. The fraction of sp³-hybridized carbons (Fsp3) is 0.500. The van der Waals surface area contributed by atoms with Crippen LogP contribution in [0.4, 0.5) is 23.7 Å². The first-order valence-corrected chi connectivity index (χ1v) is 6.79. The topological polar surface area (TPSA) is 58.6 Å². The van der Waals surface area contributed by atoms with E-state index in [-0.39, 0.29) is 16.3 Å². The van der Waals surface area contributed by atoms with Gasteiger partial charge in [0.2, 0.25) is 0 Å². The Labute approximate surface area is 131 Å². The molecule has 2 N–H and O–H groups in total. The molecule has 1 aromatic carbocycles. The van der Waals surface area contributed by atoms with Gasteiger partial charge in [0.15, 0.2) is 6.10 Å². The molecule has 124 valence electrons. The Morgan fingerprint density at radius 1 is 1.36 bits per heavy atom. The van der Waals surface area contributed by atoms with Gasteiger partial charge in [0.1, 0.15) is 5.60 Å². The van der Waals surface area contributed by atoms with Crippen LogP contribution in [0.2, 0.25) is 5.02 Å². The lowest BCUT2D eigenvalue weighted by atomic mass is 10.1. The zero-order valence-corrected chi connectivity index (χ0v) is 13.0. The Kier molecular flexibility index (Phi) is 5.70. The molecule has 1 aromatic rings. The van der Waals surface area contributed by atoms with Crippen molar-refractivity contribution in [3.8, 4) is 0 Å². The third-order valence-electron chi connectivity index (χ3n) is 2.48. The molecular formula is C14H17ClF3NO3. The lowest BCUT2D eigenvalue weighted by Crippen LogP contribution is -2.30. The third-order valence-corrected chi connectivity index (χ3v) is 2.85. The zero-order chi connectivity index (χ0) is 17.1. The first-order valence-electron chi connectivity index (χ1n) is 6.42. The first-order chi connectivity index (χ1) is 9.88. The van der Waals surface area contributed by atoms with Crippen molar-refractivity contribution in [3.63, 3.8) is 0 Å². The van der Waals surface area contributed by atoms with Gasteiger partial charge in [-0.25, -0.2) is 4.79 Å². The number of alkyl halides is 3. The second kappa shape index (κ2) is 6.75. The number of aliphatic hydroxyl groups excluding tert-OH is 1. The van der Waals surface area contributed by atoms with Crippen LogP contribution in [0.3, 0.4) is 0 Å². The highest BCUT2D eigenvalue weighted by Gasteiger charge is 2.38.